The first kappa shape index (κ1) is 20.2. The molecule has 1 aromatic rings. The molecule has 2 aliphatic heterocycles. The Kier molecular flexibility index (Phi) is 8.29. The number of hydrogen-bond donors (Lipinski definition) is 3. The maximum Gasteiger partial charge on any atom is 0.239 e. The van der Waals surface area contributed by atoms with Gasteiger partial charge in [0.25, 0.3) is 0 Å². The summed E-state index contributed by atoms with van der Waals surface area (Å²) in [7, 11) is 0. The number of amides is 1. The highest BCUT2D eigenvalue weighted by atomic mass is 35.5. The van der Waals surface area contributed by atoms with Gasteiger partial charge in [-0.3, -0.25) is 15.4 Å². The number of likely N-dealkylation sites (tertiary alicyclic amines) is 1. The summed E-state index contributed by atoms with van der Waals surface area (Å²) in [5, 5.41) is 6.78. The number of benzene rings is 1. The smallest absolute Gasteiger partial charge is 0.239 e. The molecule has 1 amide bonds. The van der Waals surface area contributed by atoms with E-state index in [9.17, 15) is 4.79 Å². The first-order valence-electron chi connectivity index (χ1n) is 7.84. The topological polar surface area (TPSA) is 70.4 Å². The molecule has 7 heteroatoms. The van der Waals surface area contributed by atoms with Gasteiger partial charge in [-0.15, -0.1) is 24.8 Å². The van der Waals surface area contributed by atoms with Crippen molar-refractivity contribution in [1.82, 2.24) is 15.5 Å². The second-order valence-electron chi connectivity index (χ2n) is 5.93. The van der Waals surface area contributed by atoms with E-state index in [2.05, 4.69) is 34.9 Å². The number of hydrogen-bond acceptors (Lipinski definition) is 4. The maximum atomic E-state index is 12.2. The molecule has 3 rings (SSSR count). The van der Waals surface area contributed by atoms with E-state index in [0.717, 1.165) is 44.6 Å². The summed E-state index contributed by atoms with van der Waals surface area (Å²) >= 11 is 0. The van der Waals surface area contributed by atoms with Crippen molar-refractivity contribution in [3.05, 3.63) is 35.4 Å². The third kappa shape index (κ3) is 5.06. The fourth-order valence-corrected chi connectivity index (χ4v) is 3.10. The fraction of sp³-hybridized carbons (Fsp3) is 0.562. The van der Waals surface area contributed by atoms with Crippen LogP contribution in [0.1, 0.15) is 30.1 Å². The van der Waals surface area contributed by atoms with Crippen molar-refractivity contribution < 1.29 is 4.79 Å². The van der Waals surface area contributed by atoms with E-state index in [1.807, 2.05) is 4.90 Å². The molecule has 1 unspecified atom stereocenters. The summed E-state index contributed by atoms with van der Waals surface area (Å²) in [6.45, 7) is 3.73. The van der Waals surface area contributed by atoms with Gasteiger partial charge in [-0.2, -0.15) is 0 Å². The van der Waals surface area contributed by atoms with Crippen LogP contribution in [-0.4, -0.2) is 43.0 Å². The summed E-state index contributed by atoms with van der Waals surface area (Å²) in [6, 6.07) is 7.95. The van der Waals surface area contributed by atoms with E-state index < -0.39 is 6.04 Å². The Hall–Kier alpha value is -0.850. The van der Waals surface area contributed by atoms with E-state index >= 15 is 0 Å². The molecular weight excluding hydrogens is 335 g/mol. The quantitative estimate of drug-likeness (QED) is 0.754. The minimum atomic E-state index is -0.420. The molecule has 23 heavy (non-hydrogen) atoms. The fourth-order valence-electron chi connectivity index (χ4n) is 3.10. The van der Waals surface area contributed by atoms with Gasteiger partial charge in [-0.1, -0.05) is 24.3 Å². The van der Waals surface area contributed by atoms with Crippen LogP contribution in [0.5, 0.6) is 0 Å². The van der Waals surface area contributed by atoms with Crippen molar-refractivity contribution in [2.24, 2.45) is 5.73 Å². The zero-order valence-corrected chi connectivity index (χ0v) is 14.8. The van der Waals surface area contributed by atoms with Crippen LogP contribution in [0.2, 0.25) is 0 Å². The molecule has 0 bridgehead atoms. The zero-order chi connectivity index (χ0) is 14.7. The average Bonchev–Trinajstić information content (AvgIpc) is 3.20. The molecule has 5 nitrogen and oxygen atoms in total. The van der Waals surface area contributed by atoms with Crippen LogP contribution in [0.25, 0.3) is 0 Å². The third-order valence-corrected chi connectivity index (χ3v) is 4.33. The summed E-state index contributed by atoms with van der Waals surface area (Å²) in [5.74, 6) is 0.0932. The lowest BCUT2D eigenvalue weighted by Gasteiger charge is -2.20. The number of nitrogens with zero attached hydrogens (tertiary/aromatic N) is 1. The predicted molar refractivity (Wildman–Crippen MR) is 97.2 cm³/mol. The van der Waals surface area contributed by atoms with E-state index in [1.54, 1.807) is 0 Å². The van der Waals surface area contributed by atoms with Crippen LogP contribution >= 0.6 is 24.8 Å². The standard InChI is InChI=1S/C16H24N4O.2ClH/c17-14(16(21)20-9-1-2-10-20)11-12-3-5-13(6-4-12)15-18-7-8-19-15;;/h3-6,14-15,18-19H,1-2,7-11,17H2;2*1H. The summed E-state index contributed by atoms with van der Waals surface area (Å²) in [5.41, 5.74) is 8.43. The summed E-state index contributed by atoms with van der Waals surface area (Å²) in [4.78, 5) is 14.1. The van der Waals surface area contributed by atoms with Crippen molar-refractivity contribution in [2.75, 3.05) is 26.2 Å². The molecule has 0 saturated carbocycles. The third-order valence-electron chi connectivity index (χ3n) is 4.33. The molecule has 0 aromatic heterocycles. The van der Waals surface area contributed by atoms with Crippen molar-refractivity contribution in [2.45, 2.75) is 31.5 Å². The molecule has 0 spiro atoms. The molecule has 1 aromatic carbocycles. The van der Waals surface area contributed by atoms with Crippen LogP contribution in [0, 0.1) is 0 Å². The molecular formula is C16H26Cl2N4O. The maximum absolute atomic E-state index is 12.2. The zero-order valence-electron chi connectivity index (χ0n) is 13.2. The van der Waals surface area contributed by atoms with Gasteiger partial charge in [0.2, 0.25) is 5.91 Å². The first-order chi connectivity index (χ1) is 10.2. The Morgan fingerprint density at radius 1 is 1.13 bits per heavy atom. The number of carbonyl (C=O) groups excluding carboxylic acids is 1. The summed E-state index contributed by atoms with van der Waals surface area (Å²) < 4.78 is 0. The summed E-state index contributed by atoms with van der Waals surface area (Å²) in [6.07, 6.45) is 3.07. The van der Waals surface area contributed by atoms with Gasteiger partial charge in [-0.25, -0.2) is 0 Å². The lowest BCUT2D eigenvalue weighted by molar-refractivity contribution is -0.131. The van der Waals surface area contributed by atoms with Crippen molar-refractivity contribution in [1.29, 1.82) is 0 Å². The van der Waals surface area contributed by atoms with Gasteiger partial charge >= 0.3 is 0 Å². The molecule has 2 aliphatic rings. The second-order valence-corrected chi connectivity index (χ2v) is 5.93. The Balaban J connectivity index is 0.00000132. The van der Waals surface area contributed by atoms with Crippen LogP contribution in [0.3, 0.4) is 0 Å². The number of rotatable bonds is 4. The van der Waals surface area contributed by atoms with Crippen LogP contribution in [0.15, 0.2) is 24.3 Å². The molecule has 2 fully saturated rings. The van der Waals surface area contributed by atoms with E-state index in [4.69, 9.17) is 5.73 Å². The Morgan fingerprint density at radius 2 is 1.70 bits per heavy atom. The van der Waals surface area contributed by atoms with Gasteiger partial charge in [0.15, 0.2) is 0 Å². The monoisotopic (exact) mass is 360 g/mol. The SMILES string of the molecule is Cl.Cl.NC(Cc1ccc(C2NCCN2)cc1)C(=O)N1CCCC1. The van der Waals surface area contributed by atoms with Crippen LogP contribution in [-0.2, 0) is 11.2 Å². The van der Waals surface area contributed by atoms with E-state index in [-0.39, 0.29) is 36.9 Å². The molecule has 2 saturated heterocycles. The molecule has 4 N–H and O–H groups in total. The lowest BCUT2D eigenvalue weighted by Crippen LogP contribution is -2.43. The van der Waals surface area contributed by atoms with Crippen LogP contribution in [0.4, 0.5) is 0 Å². The first-order valence-corrected chi connectivity index (χ1v) is 7.84. The second kappa shape index (κ2) is 9.45. The number of nitrogens with two attached hydrogens (primary N) is 1. The highest BCUT2D eigenvalue weighted by Gasteiger charge is 2.23. The largest absolute Gasteiger partial charge is 0.341 e. The molecule has 0 aliphatic carbocycles. The number of nitrogens with one attached hydrogen (secondary N) is 2. The average molecular weight is 361 g/mol. The van der Waals surface area contributed by atoms with Crippen molar-refractivity contribution in [3.8, 4) is 0 Å². The molecule has 1 atom stereocenters. The minimum Gasteiger partial charge on any atom is -0.341 e. The highest BCUT2D eigenvalue weighted by Crippen LogP contribution is 2.15. The van der Waals surface area contributed by atoms with Gasteiger partial charge < -0.3 is 10.6 Å². The predicted octanol–water partition coefficient (Wildman–Crippen LogP) is 1.21. The minimum absolute atomic E-state index is 0. The molecule has 130 valence electrons. The number of carbonyl (C=O) groups is 1. The number of halogens is 2. The van der Waals surface area contributed by atoms with Gasteiger partial charge in [0.1, 0.15) is 0 Å². The normalized spacial score (nSPS) is 19.1. The van der Waals surface area contributed by atoms with Gasteiger partial charge in [0, 0.05) is 26.2 Å². The molecule has 2 heterocycles. The Labute approximate surface area is 150 Å². The lowest BCUT2D eigenvalue weighted by atomic mass is 10.0. The van der Waals surface area contributed by atoms with E-state index in [1.165, 1.54) is 5.56 Å². The van der Waals surface area contributed by atoms with Gasteiger partial charge in [0.05, 0.1) is 12.2 Å². The molecule has 0 radical (unpaired) electrons. The van der Waals surface area contributed by atoms with Crippen molar-refractivity contribution in [3.63, 3.8) is 0 Å². The van der Waals surface area contributed by atoms with Crippen LogP contribution < -0.4 is 16.4 Å². The Morgan fingerprint density at radius 3 is 2.26 bits per heavy atom. The van der Waals surface area contributed by atoms with Gasteiger partial charge in [-0.05, 0) is 30.4 Å². The Bertz CT molecular complexity index is 485. The van der Waals surface area contributed by atoms with Crippen molar-refractivity contribution >= 4 is 30.7 Å². The van der Waals surface area contributed by atoms with E-state index in [0.29, 0.717) is 6.42 Å². The highest BCUT2D eigenvalue weighted by molar-refractivity contribution is 5.85.